The summed E-state index contributed by atoms with van der Waals surface area (Å²) in [6, 6.07) is 11.0. The molecule has 1 unspecified atom stereocenters. The van der Waals surface area contributed by atoms with Gasteiger partial charge in [-0.05, 0) is 45.0 Å². The first-order chi connectivity index (χ1) is 11.6. The standard InChI is InChI=1S/C18H24N2O3S.ClH/c1-3-23-17-8-9-18(16-7-5-4-6-15(16)17)24(21,22)20-11-10-14(13-20)12-19-2;/h4-9,14,19H,3,10-13H2,1-2H3;1H. The first-order valence-corrected chi connectivity index (χ1v) is 9.81. The van der Waals surface area contributed by atoms with Gasteiger partial charge in [-0.3, -0.25) is 0 Å². The number of ether oxygens (including phenoxy) is 1. The van der Waals surface area contributed by atoms with Gasteiger partial charge in [0.25, 0.3) is 0 Å². The molecule has 2 aromatic rings. The number of nitrogens with zero attached hydrogens (tertiary/aromatic N) is 1. The predicted molar refractivity (Wildman–Crippen MR) is 103 cm³/mol. The summed E-state index contributed by atoms with van der Waals surface area (Å²) in [4.78, 5) is 0.367. The summed E-state index contributed by atoms with van der Waals surface area (Å²) in [7, 11) is -1.60. The van der Waals surface area contributed by atoms with Crippen molar-refractivity contribution in [2.45, 2.75) is 18.2 Å². The van der Waals surface area contributed by atoms with Crippen LogP contribution in [0.15, 0.2) is 41.3 Å². The minimum Gasteiger partial charge on any atom is -0.493 e. The van der Waals surface area contributed by atoms with Gasteiger partial charge in [-0.25, -0.2) is 8.42 Å². The van der Waals surface area contributed by atoms with Gasteiger partial charge in [-0.2, -0.15) is 4.31 Å². The quantitative estimate of drug-likeness (QED) is 0.831. The van der Waals surface area contributed by atoms with E-state index in [4.69, 9.17) is 4.74 Å². The topological polar surface area (TPSA) is 58.6 Å². The zero-order chi connectivity index (χ0) is 17.2. The summed E-state index contributed by atoms with van der Waals surface area (Å²) in [6.07, 6.45) is 0.898. The van der Waals surface area contributed by atoms with Crippen LogP contribution < -0.4 is 10.1 Å². The molecule has 7 heteroatoms. The average molecular weight is 385 g/mol. The molecule has 1 aliphatic heterocycles. The highest BCUT2D eigenvalue weighted by Gasteiger charge is 2.33. The van der Waals surface area contributed by atoms with E-state index in [2.05, 4.69) is 5.32 Å². The molecule has 1 N–H and O–H groups in total. The molecule has 0 radical (unpaired) electrons. The summed E-state index contributed by atoms with van der Waals surface area (Å²) in [5.41, 5.74) is 0. The number of nitrogens with one attached hydrogen (secondary N) is 1. The predicted octanol–water partition coefficient (Wildman–Crippen LogP) is 2.89. The molecule has 0 bridgehead atoms. The Morgan fingerprint density at radius 3 is 2.60 bits per heavy atom. The highest BCUT2D eigenvalue weighted by molar-refractivity contribution is 7.89. The van der Waals surface area contributed by atoms with Crippen LogP contribution in [0.1, 0.15) is 13.3 Å². The lowest BCUT2D eigenvalue weighted by Crippen LogP contribution is -2.30. The highest BCUT2D eigenvalue weighted by Crippen LogP contribution is 2.34. The van der Waals surface area contributed by atoms with Crippen LogP contribution in [0.3, 0.4) is 0 Å². The Hall–Kier alpha value is -1.34. The summed E-state index contributed by atoms with van der Waals surface area (Å²) in [5.74, 6) is 1.10. The van der Waals surface area contributed by atoms with Gasteiger partial charge in [-0.1, -0.05) is 24.3 Å². The molecule has 0 spiro atoms. The Kier molecular flexibility index (Phi) is 6.68. The molecule has 1 fully saturated rings. The lowest BCUT2D eigenvalue weighted by Gasteiger charge is -2.19. The number of hydrogen-bond donors (Lipinski definition) is 1. The molecule has 1 aliphatic rings. The fraction of sp³-hybridized carbons (Fsp3) is 0.444. The van der Waals surface area contributed by atoms with Crippen LogP contribution in [-0.2, 0) is 10.0 Å². The molecular weight excluding hydrogens is 360 g/mol. The van der Waals surface area contributed by atoms with E-state index < -0.39 is 10.0 Å². The number of halogens is 1. The molecule has 5 nitrogen and oxygen atoms in total. The first-order valence-electron chi connectivity index (χ1n) is 8.37. The Morgan fingerprint density at radius 2 is 1.92 bits per heavy atom. The minimum absolute atomic E-state index is 0. The number of sulfonamides is 1. The van der Waals surface area contributed by atoms with Crippen LogP contribution in [-0.4, -0.2) is 46.0 Å². The smallest absolute Gasteiger partial charge is 0.243 e. The highest BCUT2D eigenvalue weighted by atomic mass is 35.5. The monoisotopic (exact) mass is 384 g/mol. The first kappa shape index (κ1) is 20.0. The van der Waals surface area contributed by atoms with Crippen molar-refractivity contribution in [3.8, 4) is 5.75 Å². The average Bonchev–Trinajstić information content (AvgIpc) is 3.05. The molecule has 0 aliphatic carbocycles. The maximum Gasteiger partial charge on any atom is 0.243 e. The van der Waals surface area contributed by atoms with Gasteiger partial charge in [0.1, 0.15) is 5.75 Å². The summed E-state index contributed by atoms with van der Waals surface area (Å²) >= 11 is 0. The van der Waals surface area contributed by atoms with E-state index in [-0.39, 0.29) is 12.4 Å². The molecule has 0 saturated carbocycles. The van der Waals surface area contributed by atoms with E-state index >= 15 is 0 Å². The lowest BCUT2D eigenvalue weighted by atomic mass is 10.1. The van der Waals surface area contributed by atoms with Gasteiger partial charge in [0.05, 0.1) is 11.5 Å². The van der Waals surface area contributed by atoms with Crippen molar-refractivity contribution in [1.82, 2.24) is 9.62 Å². The third-order valence-corrected chi connectivity index (χ3v) is 6.43. The molecule has 138 valence electrons. The molecule has 3 rings (SSSR count). The Morgan fingerprint density at radius 1 is 1.20 bits per heavy atom. The van der Waals surface area contributed by atoms with Crippen molar-refractivity contribution in [2.24, 2.45) is 5.92 Å². The second-order valence-electron chi connectivity index (χ2n) is 6.12. The van der Waals surface area contributed by atoms with E-state index in [1.54, 1.807) is 16.4 Å². The fourth-order valence-electron chi connectivity index (χ4n) is 3.36. The molecular formula is C18H25ClN2O3S. The van der Waals surface area contributed by atoms with E-state index in [1.165, 1.54) is 0 Å². The molecule has 2 aromatic carbocycles. The number of fused-ring (bicyclic) bond motifs is 1. The third-order valence-electron chi connectivity index (χ3n) is 4.50. The Bertz CT molecular complexity index is 826. The van der Waals surface area contributed by atoms with Crippen molar-refractivity contribution < 1.29 is 13.2 Å². The molecule has 1 heterocycles. The normalized spacial score (nSPS) is 18.2. The second-order valence-corrected chi connectivity index (χ2v) is 8.02. The second kappa shape index (κ2) is 8.36. The molecule has 0 amide bonds. The molecule has 25 heavy (non-hydrogen) atoms. The number of rotatable bonds is 6. The van der Waals surface area contributed by atoms with Gasteiger partial charge in [0, 0.05) is 23.9 Å². The molecule has 1 atom stereocenters. The van der Waals surface area contributed by atoms with E-state index in [0.29, 0.717) is 30.5 Å². The van der Waals surface area contributed by atoms with Crippen molar-refractivity contribution in [3.63, 3.8) is 0 Å². The Labute approximate surface area is 155 Å². The summed E-state index contributed by atoms with van der Waals surface area (Å²) < 4.78 is 33.5. The van der Waals surface area contributed by atoms with Crippen LogP contribution in [0.25, 0.3) is 10.8 Å². The maximum atomic E-state index is 13.1. The van der Waals surface area contributed by atoms with Crippen LogP contribution in [0, 0.1) is 5.92 Å². The van der Waals surface area contributed by atoms with Gasteiger partial charge in [0.15, 0.2) is 0 Å². The van der Waals surface area contributed by atoms with Crippen LogP contribution >= 0.6 is 12.4 Å². The van der Waals surface area contributed by atoms with E-state index in [0.717, 1.165) is 29.5 Å². The van der Waals surface area contributed by atoms with Crippen LogP contribution in [0.4, 0.5) is 0 Å². The Balaban J connectivity index is 0.00000225. The van der Waals surface area contributed by atoms with Gasteiger partial charge >= 0.3 is 0 Å². The van der Waals surface area contributed by atoms with Gasteiger partial charge < -0.3 is 10.1 Å². The van der Waals surface area contributed by atoms with Crippen molar-refractivity contribution in [3.05, 3.63) is 36.4 Å². The summed E-state index contributed by atoms with van der Waals surface area (Å²) in [6.45, 7) is 4.47. The molecule has 1 saturated heterocycles. The van der Waals surface area contributed by atoms with Crippen LogP contribution in [0.5, 0.6) is 5.75 Å². The number of benzene rings is 2. The third kappa shape index (κ3) is 3.92. The number of hydrogen-bond acceptors (Lipinski definition) is 4. The SMILES string of the molecule is CCOc1ccc(S(=O)(=O)N2CCC(CNC)C2)c2ccccc12.Cl. The maximum absolute atomic E-state index is 13.1. The van der Waals surface area contributed by atoms with Gasteiger partial charge in [-0.15, -0.1) is 12.4 Å². The van der Waals surface area contributed by atoms with E-state index in [1.807, 2.05) is 38.2 Å². The van der Waals surface area contributed by atoms with Gasteiger partial charge in [0.2, 0.25) is 10.0 Å². The van der Waals surface area contributed by atoms with Crippen LogP contribution in [0.2, 0.25) is 0 Å². The molecule has 0 aromatic heterocycles. The van der Waals surface area contributed by atoms with Crippen molar-refractivity contribution in [2.75, 3.05) is 33.3 Å². The largest absolute Gasteiger partial charge is 0.493 e. The zero-order valence-corrected chi connectivity index (χ0v) is 16.2. The lowest BCUT2D eigenvalue weighted by molar-refractivity contribution is 0.344. The van der Waals surface area contributed by atoms with E-state index in [9.17, 15) is 8.42 Å². The van der Waals surface area contributed by atoms with Crippen molar-refractivity contribution in [1.29, 1.82) is 0 Å². The summed E-state index contributed by atoms with van der Waals surface area (Å²) in [5, 5.41) is 4.70. The fourth-order valence-corrected chi connectivity index (χ4v) is 5.09. The minimum atomic E-state index is -3.50. The van der Waals surface area contributed by atoms with Crippen molar-refractivity contribution >= 4 is 33.2 Å². The zero-order valence-electron chi connectivity index (χ0n) is 14.6.